The fraction of sp³-hybridized carbons (Fsp3) is 0.556. The maximum atomic E-state index is 12.4. The molecule has 0 heterocycles. The van der Waals surface area contributed by atoms with Crippen molar-refractivity contribution in [3.05, 3.63) is 35.9 Å². The highest BCUT2D eigenvalue weighted by atomic mass is 16.5. The summed E-state index contributed by atoms with van der Waals surface area (Å²) in [5.41, 5.74) is 0.556. The van der Waals surface area contributed by atoms with E-state index in [1.54, 1.807) is 13.8 Å². The number of hydrogen-bond acceptors (Lipinski definition) is 4. The van der Waals surface area contributed by atoms with E-state index in [4.69, 9.17) is 9.47 Å². The molecule has 1 rings (SSSR count). The van der Waals surface area contributed by atoms with Gasteiger partial charge in [-0.1, -0.05) is 44.2 Å². The van der Waals surface area contributed by atoms with Crippen molar-refractivity contribution >= 4 is 11.9 Å². The van der Waals surface area contributed by atoms with Crippen LogP contribution in [-0.2, 0) is 24.5 Å². The number of carbonyl (C=O) groups is 2. The molecule has 0 aliphatic carbocycles. The highest BCUT2D eigenvalue weighted by molar-refractivity contribution is 5.81. The second kappa shape index (κ2) is 8.57. The van der Waals surface area contributed by atoms with Crippen molar-refractivity contribution in [1.82, 2.24) is 0 Å². The molecule has 22 heavy (non-hydrogen) atoms. The van der Waals surface area contributed by atoms with Gasteiger partial charge in [-0.15, -0.1) is 0 Å². The van der Waals surface area contributed by atoms with Crippen LogP contribution in [0.25, 0.3) is 0 Å². The van der Waals surface area contributed by atoms with E-state index in [2.05, 4.69) is 0 Å². The van der Waals surface area contributed by atoms with Crippen molar-refractivity contribution in [3.63, 3.8) is 0 Å². The SMILES string of the molecule is CCOC(=O)CC(C(=O)OCC)C(C)(CC)c1ccccc1. The molecule has 0 aliphatic heterocycles. The first kappa shape index (κ1) is 18.2. The van der Waals surface area contributed by atoms with Gasteiger partial charge in [-0.25, -0.2) is 0 Å². The number of ether oxygens (including phenoxy) is 2. The number of rotatable bonds is 8. The highest BCUT2D eigenvalue weighted by Crippen LogP contribution is 2.38. The van der Waals surface area contributed by atoms with Gasteiger partial charge in [0.2, 0.25) is 0 Å². The minimum atomic E-state index is -0.557. The van der Waals surface area contributed by atoms with Crippen LogP contribution in [0.4, 0.5) is 0 Å². The van der Waals surface area contributed by atoms with Gasteiger partial charge in [0.1, 0.15) is 0 Å². The Hall–Kier alpha value is -1.84. The Morgan fingerprint density at radius 1 is 1.05 bits per heavy atom. The van der Waals surface area contributed by atoms with Gasteiger partial charge in [-0.05, 0) is 25.8 Å². The number of esters is 2. The number of hydrogen-bond donors (Lipinski definition) is 0. The maximum absolute atomic E-state index is 12.4. The summed E-state index contributed by atoms with van der Waals surface area (Å²) in [5, 5.41) is 0. The Balaban J connectivity index is 3.15. The van der Waals surface area contributed by atoms with Gasteiger partial charge in [0.05, 0.1) is 25.6 Å². The van der Waals surface area contributed by atoms with Gasteiger partial charge < -0.3 is 9.47 Å². The third kappa shape index (κ3) is 4.33. The molecule has 1 aromatic rings. The minimum absolute atomic E-state index is 0.0336. The van der Waals surface area contributed by atoms with Crippen molar-refractivity contribution in [2.75, 3.05) is 13.2 Å². The summed E-state index contributed by atoms with van der Waals surface area (Å²) in [7, 11) is 0. The molecule has 0 aromatic heterocycles. The average molecular weight is 306 g/mol. The standard InChI is InChI=1S/C18H26O4/c1-5-18(4,14-11-9-8-10-12-14)15(17(20)22-7-3)13-16(19)21-6-2/h8-12,15H,5-7,13H2,1-4H3. The first-order chi connectivity index (χ1) is 10.5. The summed E-state index contributed by atoms with van der Waals surface area (Å²) >= 11 is 0. The van der Waals surface area contributed by atoms with Crippen LogP contribution in [0.2, 0.25) is 0 Å². The zero-order chi connectivity index (χ0) is 16.6. The van der Waals surface area contributed by atoms with E-state index in [1.807, 2.05) is 44.2 Å². The van der Waals surface area contributed by atoms with Crippen molar-refractivity contribution in [2.24, 2.45) is 5.92 Å². The van der Waals surface area contributed by atoms with E-state index in [-0.39, 0.29) is 18.4 Å². The Morgan fingerprint density at radius 2 is 1.64 bits per heavy atom. The molecule has 4 nitrogen and oxygen atoms in total. The predicted octanol–water partition coefficient (Wildman–Crippen LogP) is 3.49. The first-order valence-corrected chi connectivity index (χ1v) is 7.87. The number of benzene rings is 1. The lowest BCUT2D eigenvalue weighted by Gasteiger charge is -2.35. The van der Waals surface area contributed by atoms with Gasteiger partial charge in [-0.2, -0.15) is 0 Å². The zero-order valence-corrected chi connectivity index (χ0v) is 13.9. The summed E-state index contributed by atoms with van der Waals surface area (Å²) < 4.78 is 10.2. The highest BCUT2D eigenvalue weighted by Gasteiger charge is 2.41. The van der Waals surface area contributed by atoms with Gasteiger partial charge in [0, 0.05) is 5.41 Å². The van der Waals surface area contributed by atoms with Crippen LogP contribution in [0, 0.1) is 5.92 Å². The molecule has 0 fully saturated rings. The molecule has 4 heteroatoms. The molecule has 0 aliphatic rings. The molecule has 1 aromatic carbocycles. The molecule has 2 atom stereocenters. The van der Waals surface area contributed by atoms with Crippen LogP contribution in [0.1, 0.15) is 46.1 Å². The van der Waals surface area contributed by atoms with Crippen molar-refractivity contribution in [2.45, 2.75) is 46.0 Å². The third-order valence-electron chi connectivity index (χ3n) is 4.18. The third-order valence-corrected chi connectivity index (χ3v) is 4.18. The average Bonchev–Trinajstić information content (AvgIpc) is 2.53. The molecule has 0 spiro atoms. The maximum Gasteiger partial charge on any atom is 0.310 e. The minimum Gasteiger partial charge on any atom is -0.466 e. The van der Waals surface area contributed by atoms with Crippen LogP contribution >= 0.6 is 0 Å². The van der Waals surface area contributed by atoms with Crippen molar-refractivity contribution in [3.8, 4) is 0 Å². The predicted molar refractivity (Wildman–Crippen MR) is 85.5 cm³/mol. The number of carbonyl (C=O) groups excluding carboxylic acids is 2. The fourth-order valence-electron chi connectivity index (χ4n) is 2.67. The van der Waals surface area contributed by atoms with Crippen molar-refractivity contribution in [1.29, 1.82) is 0 Å². The normalized spacial score (nSPS) is 14.7. The van der Waals surface area contributed by atoms with Crippen LogP contribution < -0.4 is 0 Å². The topological polar surface area (TPSA) is 52.6 Å². The van der Waals surface area contributed by atoms with Crippen LogP contribution in [0.3, 0.4) is 0 Å². The van der Waals surface area contributed by atoms with Gasteiger partial charge >= 0.3 is 11.9 Å². The van der Waals surface area contributed by atoms with Gasteiger partial charge in [0.25, 0.3) is 0 Å². The fourth-order valence-corrected chi connectivity index (χ4v) is 2.67. The zero-order valence-electron chi connectivity index (χ0n) is 13.9. The van der Waals surface area contributed by atoms with Gasteiger partial charge in [-0.3, -0.25) is 9.59 Å². The Morgan fingerprint density at radius 3 is 2.14 bits per heavy atom. The molecular weight excluding hydrogens is 280 g/mol. The molecule has 0 saturated heterocycles. The van der Waals surface area contributed by atoms with Crippen LogP contribution in [-0.4, -0.2) is 25.2 Å². The molecule has 0 radical (unpaired) electrons. The lowest BCUT2D eigenvalue weighted by atomic mass is 9.68. The van der Waals surface area contributed by atoms with Crippen LogP contribution in [0.15, 0.2) is 30.3 Å². The quantitative estimate of drug-likeness (QED) is 0.690. The Kier molecular flexibility index (Phi) is 7.09. The second-order valence-electron chi connectivity index (χ2n) is 5.45. The van der Waals surface area contributed by atoms with Gasteiger partial charge in [0.15, 0.2) is 0 Å². The first-order valence-electron chi connectivity index (χ1n) is 7.87. The molecule has 0 N–H and O–H groups in total. The monoisotopic (exact) mass is 306 g/mol. The molecule has 122 valence electrons. The lowest BCUT2D eigenvalue weighted by Crippen LogP contribution is -2.39. The van der Waals surface area contributed by atoms with E-state index < -0.39 is 11.3 Å². The second-order valence-corrected chi connectivity index (χ2v) is 5.45. The summed E-state index contributed by atoms with van der Waals surface area (Å²) in [6.45, 7) is 8.15. The van der Waals surface area contributed by atoms with E-state index in [1.165, 1.54) is 0 Å². The Labute approximate surface area is 132 Å². The largest absolute Gasteiger partial charge is 0.466 e. The van der Waals surface area contributed by atoms with E-state index in [9.17, 15) is 9.59 Å². The summed E-state index contributed by atoms with van der Waals surface area (Å²) in [6, 6.07) is 9.79. The molecule has 2 unspecified atom stereocenters. The lowest BCUT2D eigenvalue weighted by molar-refractivity contribution is -0.157. The van der Waals surface area contributed by atoms with E-state index in [0.717, 1.165) is 12.0 Å². The molecule has 0 saturated carbocycles. The van der Waals surface area contributed by atoms with E-state index in [0.29, 0.717) is 13.2 Å². The summed E-state index contributed by atoms with van der Waals surface area (Å²) in [6.07, 6.45) is 0.756. The van der Waals surface area contributed by atoms with Crippen LogP contribution in [0.5, 0.6) is 0 Å². The molecule has 0 amide bonds. The molecule has 0 bridgehead atoms. The summed E-state index contributed by atoms with van der Waals surface area (Å²) in [5.74, 6) is -1.26. The smallest absolute Gasteiger partial charge is 0.310 e. The Bertz CT molecular complexity index is 483. The summed E-state index contributed by atoms with van der Waals surface area (Å²) in [4.78, 5) is 24.4. The van der Waals surface area contributed by atoms with Crippen molar-refractivity contribution < 1.29 is 19.1 Å². The molecular formula is C18H26O4. The van der Waals surface area contributed by atoms with E-state index >= 15 is 0 Å².